The molecular formula is C14H15ClN4O5. The molecule has 128 valence electrons. The van der Waals surface area contributed by atoms with E-state index in [0.717, 1.165) is 0 Å². The summed E-state index contributed by atoms with van der Waals surface area (Å²) in [5.74, 6) is -1.05. The van der Waals surface area contributed by atoms with Gasteiger partial charge in [-0.05, 0) is 17.7 Å². The average Bonchev–Trinajstić information content (AvgIpc) is 2.52. The molecule has 0 radical (unpaired) electrons. The van der Waals surface area contributed by atoms with Crippen LogP contribution in [0.5, 0.6) is 11.5 Å². The molecule has 0 spiro atoms. The molecule has 0 aliphatic heterocycles. The lowest BCUT2D eigenvalue weighted by atomic mass is 10.1. The lowest BCUT2D eigenvalue weighted by Gasteiger charge is -2.16. The van der Waals surface area contributed by atoms with Crippen molar-refractivity contribution in [1.82, 2.24) is 9.97 Å². The quantitative estimate of drug-likeness (QED) is 0.627. The summed E-state index contributed by atoms with van der Waals surface area (Å²) >= 11 is 5.89. The molecule has 0 bridgehead atoms. The average molecular weight is 355 g/mol. The third-order valence-corrected chi connectivity index (χ3v) is 3.36. The summed E-state index contributed by atoms with van der Waals surface area (Å²) in [5.41, 5.74) is 5.49. The van der Waals surface area contributed by atoms with Crippen molar-refractivity contribution >= 4 is 40.2 Å². The van der Waals surface area contributed by atoms with Gasteiger partial charge in [-0.15, -0.1) is 0 Å². The number of aromatic nitrogens is 2. The fraction of sp³-hybridized carbons (Fsp3) is 0.286. The molecule has 1 atom stereocenters. The minimum Gasteiger partial charge on any atom is -0.493 e. The van der Waals surface area contributed by atoms with Crippen molar-refractivity contribution in [2.24, 2.45) is 5.73 Å². The van der Waals surface area contributed by atoms with E-state index in [-0.39, 0.29) is 11.1 Å². The van der Waals surface area contributed by atoms with Crippen molar-refractivity contribution in [1.29, 1.82) is 0 Å². The maximum atomic E-state index is 11.3. The predicted molar refractivity (Wildman–Crippen MR) is 86.5 cm³/mol. The van der Waals surface area contributed by atoms with Crippen LogP contribution in [0.2, 0.25) is 5.28 Å². The Hall–Kier alpha value is -2.81. The highest BCUT2D eigenvalue weighted by atomic mass is 35.5. The van der Waals surface area contributed by atoms with Crippen molar-refractivity contribution in [3.8, 4) is 11.5 Å². The van der Waals surface area contributed by atoms with Crippen LogP contribution in [0, 0.1) is 0 Å². The fourth-order valence-electron chi connectivity index (χ4n) is 2.10. The SMILES string of the molecule is COc1cc2nc(Cl)nc(NC(CC(N)=O)C(=O)O)c2cc1OC. The predicted octanol–water partition coefficient (Wildman–Crippen LogP) is 1.04. The van der Waals surface area contributed by atoms with Gasteiger partial charge in [0.25, 0.3) is 0 Å². The van der Waals surface area contributed by atoms with Crippen LogP contribution < -0.4 is 20.5 Å². The summed E-state index contributed by atoms with van der Waals surface area (Å²) in [6, 6.07) is 1.90. The Labute approximate surface area is 141 Å². The Kier molecular flexibility index (Phi) is 5.24. The number of primary amides is 1. The Morgan fingerprint density at radius 3 is 2.46 bits per heavy atom. The van der Waals surface area contributed by atoms with Crippen LogP contribution in [-0.4, -0.2) is 47.2 Å². The van der Waals surface area contributed by atoms with Gasteiger partial charge in [-0.25, -0.2) is 14.8 Å². The number of anilines is 1. The Morgan fingerprint density at radius 1 is 1.29 bits per heavy atom. The van der Waals surface area contributed by atoms with Crippen molar-refractivity contribution in [2.75, 3.05) is 19.5 Å². The molecule has 1 unspecified atom stereocenters. The van der Waals surface area contributed by atoms with E-state index in [1.165, 1.54) is 14.2 Å². The maximum Gasteiger partial charge on any atom is 0.326 e. The number of benzene rings is 1. The molecule has 2 rings (SSSR count). The first kappa shape index (κ1) is 17.5. The molecule has 9 nitrogen and oxygen atoms in total. The second-order valence-electron chi connectivity index (χ2n) is 4.77. The van der Waals surface area contributed by atoms with Gasteiger partial charge in [-0.1, -0.05) is 0 Å². The first-order valence-corrected chi connectivity index (χ1v) is 7.10. The van der Waals surface area contributed by atoms with Crippen molar-refractivity contribution < 1.29 is 24.2 Å². The summed E-state index contributed by atoms with van der Waals surface area (Å²) in [6.45, 7) is 0. The normalized spacial score (nSPS) is 11.8. The third kappa shape index (κ3) is 3.74. The number of halogens is 1. The lowest BCUT2D eigenvalue weighted by Crippen LogP contribution is -2.34. The summed E-state index contributed by atoms with van der Waals surface area (Å²) < 4.78 is 10.4. The number of carbonyl (C=O) groups excluding carboxylic acids is 1. The van der Waals surface area contributed by atoms with Crippen LogP contribution in [0.1, 0.15) is 6.42 Å². The van der Waals surface area contributed by atoms with E-state index in [2.05, 4.69) is 15.3 Å². The van der Waals surface area contributed by atoms with Crippen molar-refractivity contribution in [3.05, 3.63) is 17.4 Å². The lowest BCUT2D eigenvalue weighted by molar-refractivity contribution is -0.139. The number of fused-ring (bicyclic) bond motifs is 1. The highest BCUT2D eigenvalue weighted by molar-refractivity contribution is 6.28. The standard InChI is InChI=1S/C14H15ClN4O5/c1-23-9-3-6-7(4-10(9)24-2)18-14(15)19-12(6)17-8(13(21)22)5-11(16)20/h3-4,8H,5H2,1-2H3,(H2,16,20)(H,21,22)(H,17,18,19). The highest BCUT2D eigenvalue weighted by Crippen LogP contribution is 2.34. The smallest absolute Gasteiger partial charge is 0.326 e. The first-order valence-electron chi connectivity index (χ1n) is 6.72. The number of carboxylic acid groups (broad SMARTS) is 1. The molecule has 1 aromatic heterocycles. The number of nitrogens with one attached hydrogen (secondary N) is 1. The van der Waals surface area contributed by atoms with Crippen LogP contribution in [-0.2, 0) is 9.59 Å². The first-order chi connectivity index (χ1) is 11.3. The molecule has 0 saturated heterocycles. The highest BCUT2D eigenvalue weighted by Gasteiger charge is 2.22. The van der Waals surface area contributed by atoms with Gasteiger partial charge in [0.15, 0.2) is 11.5 Å². The zero-order chi connectivity index (χ0) is 17.9. The summed E-state index contributed by atoms with van der Waals surface area (Å²) in [5, 5.41) is 12.2. The summed E-state index contributed by atoms with van der Waals surface area (Å²) in [4.78, 5) is 30.4. The molecule has 0 saturated carbocycles. The van der Waals surface area contributed by atoms with Crippen LogP contribution in [0.25, 0.3) is 10.9 Å². The van der Waals surface area contributed by atoms with Crippen LogP contribution in [0.3, 0.4) is 0 Å². The number of carboxylic acids is 1. The minimum atomic E-state index is -1.26. The number of methoxy groups -OCH3 is 2. The zero-order valence-corrected chi connectivity index (χ0v) is 13.6. The number of carbonyl (C=O) groups is 2. The number of rotatable bonds is 7. The number of nitrogens with two attached hydrogens (primary N) is 1. The molecule has 10 heteroatoms. The monoisotopic (exact) mass is 354 g/mol. The van der Waals surface area contributed by atoms with Gasteiger partial charge in [0.2, 0.25) is 11.2 Å². The molecule has 1 heterocycles. The molecular weight excluding hydrogens is 340 g/mol. The number of hydrogen-bond acceptors (Lipinski definition) is 7. The van der Waals surface area contributed by atoms with E-state index in [4.69, 9.17) is 26.8 Å². The number of amides is 1. The molecule has 1 amide bonds. The van der Waals surface area contributed by atoms with Crippen LogP contribution in [0.4, 0.5) is 5.82 Å². The maximum absolute atomic E-state index is 11.3. The fourth-order valence-corrected chi connectivity index (χ4v) is 2.28. The topological polar surface area (TPSA) is 137 Å². The van der Waals surface area contributed by atoms with E-state index in [9.17, 15) is 14.7 Å². The van der Waals surface area contributed by atoms with E-state index >= 15 is 0 Å². The molecule has 0 fully saturated rings. The number of aliphatic carboxylic acids is 1. The van der Waals surface area contributed by atoms with Crippen molar-refractivity contribution in [2.45, 2.75) is 12.5 Å². The molecule has 24 heavy (non-hydrogen) atoms. The number of ether oxygens (including phenoxy) is 2. The van der Waals surface area contributed by atoms with Crippen molar-refractivity contribution in [3.63, 3.8) is 0 Å². The number of hydrogen-bond donors (Lipinski definition) is 3. The van der Waals surface area contributed by atoms with Gasteiger partial charge in [-0.2, -0.15) is 0 Å². The van der Waals surface area contributed by atoms with Crippen LogP contribution in [0.15, 0.2) is 12.1 Å². The number of nitrogens with zero attached hydrogens (tertiary/aromatic N) is 2. The van der Waals surface area contributed by atoms with E-state index < -0.39 is 24.3 Å². The van der Waals surface area contributed by atoms with Gasteiger partial charge in [0.05, 0.1) is 26.2 Å². The van der Waals surface area contributed by atoms with Gasteiger partial charge in [0, 0.05) is 11.5 Å². The minimum absolute atomic E-state index is 0.0968. The van der Waals surface area contributed by atoms with E-state index in [1.807, 2.05) is 0 Å². The second kappa shape index (κ2) is 7.18. The molecule has 4 N–H and O–H groups in total. The Morgan fingerprint density at radius 2 is 1.92 bits per heavy atom. The molecule has 1 aromatic carbocycles. The van der Waals surface area contributed by atoms with Crippen LogP contribution >= 0.6 is 11.6 Å². The van der Waals surface area contributed by atoms with Gasteiger partial charge in [-0.3, -0.25) is 4.79 Å². The van der Waals surface area contributed by atoms with Gasteiger partial charge < -0.3 is 25.6 Å². The largest absolute Gasteiger partial charge is 0.493 e. The third-order valence-electron chi connectivity index (χ3n) is 3.19. The van der Waals surface area contributed by atoms with Gasteiger partial charge in [0.1, 0.15) is 11.9 Å². The molecule has 0 aliphatic carbocycles. The van der Waals surface area contributed by atoms with E-state index in [0.29, 0.717) is 22.4 Å². The second-order valence-corrected chi connectivity index (χ2v) is 5.11. The van der Waals surface area contributed by atoms with Gasteiger partial charge >= 0.3 is 5.97 Å². The molecule has 2 aromatic rings. The zero-order valence-electron chi connectivity index (χ0n) is 12.9. The summed E-state index contributed by atoms with van der Waals surface area (Å²) in [7, 11) is 2.93. The molecule has 0 aliphatic rings. The summed E-state index contributed by atoms with van der Waals surface area (Å²) in [6.07, 6.45) is -0.411. The van der Waals surface area contributed by atoms with E-state index in [1.54, 1.807) is 12.1 Å². The Balaban J connectivity index is 2.55. The Bertz CT molecular complexity index is 798.